The highest BCUT2D eigenvalue weighted by atomic mass is 35.5. The minimum absolute atomic E-state index is 0.0662. The molecule has 0 atom stereocenters. The third-order valence-electron chi connectivity index (χ3n) is 4.15. The van der Waals surface area contributed by atoms with Crippen LogP contribution in [0.1, 0.15) is 34.5 Å². The second-order valence-electron chi connectivity index (χ2n) is 6.01. The van der Waals surface area contributed by atoms with Crippen molar-refractivity contribution < 1.29 is 13.9 Å². The number of rotatable bonds is 7. The first-order chi connectivity index (χ1) is 13.4. The van der Waals surface area contributed by atoms with Gasteiger partial charge in [-0.05, 0) is 38.1 Å². The third-order valence-corrected chi connectivity index (χ3v) is 4.93. The quantitative estimate of drug-likeness (QED) is 0.541. The number of nitrogens with zero attached hydrogens (tertiary/aromatic N) is 2. The fourth-order valence-corrected chi connectivity index (χ4v) is 3.55. The molecule has 0 radical (unpaired) electrons. The Bertz CT molecular complexity index is 974. The van der Waals surface area contributed by atoms with Gasteiger partial charge in [-0.1, -0.05) is 34.8 Å². The molecule has 1 aromatic carbocycles. The topological polar surface area (TPSA) is 69.3 Å². The molecule has 0 spiro atoms. The Labute approximate surface area is 177 Å². The van der Waals surface area contributed by atoms with E-state index in [9.17, 15) is 4.79 Å². The van der Waals surface area contributed by atoms with Gasteiger partial charge in [0.1, 0.15) is 12.4 Å². The number of hydrogen-bond acceptors (Lipinski definition) is 4. The van der Waals surface area contributed by atoms with E-state index in [0.717, 1.165) is 17.8 Å². The number of amides is 1. The second-order valence-corrected chi connectivity index (χ2v) is 7.26. The van der Waals surface area contributed by atoms with Crippen LogP contribution in [-0.4, -0.2) is 15.7 Å². The van der Waals surface area contributed by atoms with Gasteiger partial charge in [-0.25, -0.2) is 0 Å². The summed E-state index contributed by atoms with van der Waals surface area (Å²) in [5.74, 6) is 0.630. The fourth-order valence-electron chi connectivity index (χ4n) is 2.63. The van der Waals surface area contributed by atoms with Crippen LogP contribution in [0.25, 0.3) is 0 Å². The molecule has 28 heavy (non-hydrogen) atoms. The highest BCUT2D eigenvalue weighted by molar-refractivity contribution is 6.40. The summed E-state index contributed by atoms with van der Waals surface area (Å²) in [4.78, 5) is 12.3. The highest BCUT2D eigenvalue weighted by Crippen LogP contribution is 2.36. The van der Waals surface area contributed by atoms with Gasteiger partial charge in [-0.2, -0.15) is 5.10 Å². The smallest absolute Gasteiger partial charge is 0.287 e. The van der Waals surface area contributed by atoms with E-state index < -0.39 is 0 Å². The van der Waals surface area contributed by atoms with E-state index in [-0.39, 0.29) is 18.3 Å². The maximum atomic E-state index is 12.3. The Morgan fingerprint density at radius 1 is 1.25 bits per heavy atom. The largest absolute Gasteiger partial charge is 0.483 e. The van der Waals surface area contributed by atoms with Crippen molar-refractivity contribution in [2.24, 2.45) is 0 Å². The first kappa shape index (κ1) is 20.6. The Morgan fingerprint density at radius 3 is 2.61 bits per heavy atom. The van der Waals surface area contributed by atoms with Crippen LogP contribution in [0.3, 0.4) is 0 Å². The van der Waals surface area contributed by atoms with Gasteiger partial charge >= 0.3 is 0 Å². The lowest BCUT2D eigenvalue weighted by Crippen LogP contribution is -2.22. The molecule has 0 aliphatic heterocycles. The van der Waals surface area contributed by atoms with Crippen molar-refractivity contribution in [3.05, 3.63) is 68.3 Å². The molecule has 0 saturated carbocycles. The van der Waals surface area contributed by atoms with Crippen LogP contribution >= 0.6 is 34.8 Å². The van der Waals surface area contributed by atoms with Gasteiger partial charge in [0, 0.05) is 29.4 Å². The molecule has 3 rings (SSSR count). The summed E-state index contributed by atoms with van der Waals surface area (Å²) >= 11 is 18.0. The van der Waals surface area contributed by atoms with Crippen molar-refractivity contribution in [3.8, 4) is 5.75 Å². The number of hydrogen-bond donors (Lipinski definition) is 1. The maximum absolute atomic E-state index is 12.3. The second kappa shape index (κ2) is 8.90. The monoisotopic (exact) mass is 441 g/mol. The summed E-state index contributed by atoms with van der Waals surface area (Å²) in [6, 6.07) is 6.32. The predicted octanol–water partition coefficient (Wildman–Crippen LogP) is 5.27. The lowest BCUT2D eigenvalue weighted by Gasteiger charge is -2.09. The summed E-state index contributed by atoms with van der Waals surface area (Å²) < 4.78 is 13.0. The molecule has 3 aromatic rings. The molecule has 0 bridgehead atoms. The van der Waals surface area contributed by atoms with Crippen molar-refractivity contribution >= 4 is 40.7 Å². The zero-order valence-electron chi connectivity index (χ0n) is 15.3. The van der Waals surface area contributed by atoms with Crippen molar-refractivity contribution in [2.75, 3.05) is 0 Å². The Hall–Kier alpha value is -2.15. The number of halogens is 3. The number of nitrogens with one attached hydrogen (secondary N) is 1. The number of benzene rings is 1. The van der Waals surface area contributed by atoms with Crippen LogP contribution in [0, 0.1) is 6.92 Å². The van der Waals surface area contributed by atoms with E-state index in [1.165, 1.54) is 12.1 Å². The first-order valence-corrected chi connectivity index (χ1v) is 9.68. The summed E-state index contributed by atoms with van der Waals surface area (Å²) in [6.45, 7) is 5.19. The molecule has 0 fully saturated rings. The molecule has 0 aliphatic rings. The van der Waals surface area contributed by atoms with Gasteiger partial charge in [-0.3, -0.25) is 9.48 Å². The standard InChI is InChI=1S/C19H18Cl3N3O3/c1-3-25-11(2)12(9-24-25)8-23-19(26)17-5-4-14(28-17)10-27-18-15(21)6-13(20)7-16(18)22/h4-7,9H,3,8,10H2,1-2H3,(H,23,26). The van der Waals surface area contributed by atoms with Gasteiger partial charge in [-0.15, -0.1) is 0 Å². The summed E-state index contributed by atoms with van der Waals surface area (Å²) in [5, 5.41) is 8.09. The van der Waals surface area contributed by atoms with Gasteiger partial charge in [0.2, 0.25) is 0 Å². The number of carbonyl (C=O) groups is 1. The first-order valence-electron chi connectivity index (χ1n) is 8.54. The van der Waals surface area contributed by atoms with Crippen LogP contribution < -0.4 is 10.1 Å². The van der Waals surface area contributed by atoms with Crippen molar-refractivity contribution in [3.63, 3.8) is 0 Å². The number of furan rings is 1. The lowest BCUT2D eigenvalue weighted by atomic mass is 10.2. The molecule has 0 unspecified atom stereocenters. The van der Waals surface area contributed by atoms with Crippen LogP contribution in [0.4, 0.5) is 0 Å². The Balaban J connectivity index is 1.59. The average Bonchev–Trinajstić information content (AvgIpc) is 3.25. The zero-order chi connectivity index (χ0) is 20.3. The molecular weight excluding hydrogens is 425 g/mol. The SMILES string of the molecule is CCn1ncc(CNC(=O)c2ccc(COc3c(Cl)cc(Cl)cc3Cl)o2)c1C. The van der Waals surface area contributed by atoms with Crippen LogP contribution in [0.5, 0.6) is 5.75 Å². The number of ether oxygens (including phenoxy) is 1. The number of aromatic nitrogens is 2. The summed E-state index contributed by atoms with van der Waals surface area (Å²) in [5.41, 5.74) is 1.98. The molecule has 6 nitrogen and oxygen atoms in total. The van der Waals surface area contributed by atoms with Crippen molar-refractivity contribution in [1.82, 2.24) is 15.1 Å². The molecule has 9 heteroatoms. The van der Waals surface area contributed by atoms with Gasteiger partial charge in [0.15, 0.2) is 11.5 Å². The van der Waals surface area contributed by atoms with Gasteiger partial charge < -0.3 is 14.5 Å². The molecule has 0 saturated heterocycles. The minimum Gasteiger partial charge on any atom is -0.483 e. The van der Waals surface area contributed by atoms with Gasteiger partial charge in [0.05, 0.1) is 16.2 Å². The van der Waals surface area contributed by atoms with E-state index in [1.807, 2.05) is 18.5 Å². The van der Waals surface area contributed by atoms with Gasteiger partial charge in [0.25, 0.3) is 5.91 Å². The number of carbonyl (C=O) groups excluding carboxylic acids is 1. The van der Waals surface area contributed by atoms with Crippen LogP contribution in [0.15, 0.2) is 34.9 Å². The van der Waals surface area contributed by atoms with E-state index >= 15 is 0 Å². The summed E-state index contributed by atoms with van der Waals surface area (Å²) in [7, 11) is 0. The van der Waals surface area contributed by atoms with Crippen molar-refractivity contribution in [1.29, 1.82) is 0 Å². The molecule has 148 valence electrons. The third kappa shape index (κ3) is 4.63. The summed E-state index contributed by atoms with van der Waals surface area (Å²) in [6.07, 6.45) is 1.75. The normalized spacial score (nSPS) is 10.9. The molecule has 0 aliphatic carbocycles. The predicted molar refractivity (Wildman–Crippen MR) is 108 cm³/mol. The average molecular weight is 443 g/mol. The molecule has 1 N–H and O–H groups in total. The van der Waals surface area contributed by atoms with E-state index in [0.29, 0.717) is 33.1 Å². The van der Waals surface area contributed by atoms with Crippen LogP contribution in [-0.2, 0) is 19.7 Å². The van der Waals surface area contributed by atoms with E-state index in [2.05, 4.69) is 10.4 Å². The van der Waals surface area contributed by atoms with E-state index in [4.69, 9.17) is 44.0 Å². The highest BCUT2D eigenvalue weighted by Gasteiger charge is 2.14. The Morgan fingerprint density at radius 2 is 1.96 bits per heavy atom. The fraction of sp³-hybridized carbons (Fsp3) is 0.263. The van der Waals surface area contributed by atoms with E-state index in [1.54, 1.807) is 18.3 Å². The van der Waals surface area contributed by atoms with Crippen LogP contribution in [0.2, 0.25) is 15.1 Å². The Kier molecular flexibility index (Phi) is 6.54. The lowest BCUT2D eigenvalue weighted by molar-refractivity contribution is 0.0919. The molecule has 1 amide bonds. The minimum atomic E-state index is -0.322. The van der Waals surface area contributed by atoms with Crippen molar-refractivity contribution in [2.45, 2.75) is 33.5 Å². The molecular formula is C19H18Cl3N3O3. The number of aryl methyl sites for hydroxylation is 1. The maximum Gasteiger partial charge on any atom is 0.287 e. The zero-order valence-corrected chi connectivity index (χ0v) is 17.5. The molecule has 2 aromatic heterocycles. The molecule has 2 heterocycles.